The van der Waals surface area contributed by atoms with Gasteiger partial charge in [0.2, 0.25) is 0 Å². The van der Waals surface area contributed by atoms with Crippen LogP contribution in [0.4, 0.5) is 0 Å². The fraction of sp³-hybridized carbons (Fsp3) is 0.0385. The van der Waals surface area contributed by atoms with Gasteiger partial charge in [-0.25, -0.2) is 10.2 Å². The highest BCUT2D eigenvalue weighted by Gasteiger charge is 2.05. The van der Waals surface area contributed by atoms with Gasteiger partial charge in [0.15, 0.2) is 0 Å². The number of carbonyl (C=O) groups is 2. The maximum Gasteiger partial charge on any atom is 0.335 e. The van der Waals surface area contributed by atoms with Crippen molar-refractivity contribution in [1.29, 1.82) is 0 Å². The summed E-state index contributed by atoms with van der Waals surface area (Å²) in [5, 5.41) is 15.1. The standard InChI is InChI=1S/C26H20N2O4/c29-25(28-27-16-18-5-11-22(12-6-18)26(30)31)21-9-7-19(8-10-21)17-32-24-14-13-20-3-1-2-4-23(20)15-24/h1-16H,17H2,(H,28,29)(H,30,31)/b27-16+. The van der Waals surface area contributed by atoms with Gasteiger partial charge in [0.05, 0.1) is 11.8 Å². The van der Waals surface area contributed by atoms with Crippen molar-refractivity contribution >= 4 is 28.9 Å². The van der Waals surface area contributed by atoms with Crippen LogP contribution in [0.1, 0.15) is 31.8 Å². The second-order valence-corrected chi connectivity index (χ2v) is 7.12. The van der Waals surface area contributed by atoms with Crippen molar-refractivity contribution in [3.05, 3.63) is 113 Å². The zero-order valence-electron chi connectivity index (χ0n) is 17.1. The number of ether oxygens (including phenoxy) is 1. The molecule has 0 atom stereocenters. The maximum atomic E-state index is 12.3. The lowest BCUT2D eigenvalue weighted by atomic mass is 10.1. The molecule has 4 rings (SSSR count). The summed E-state index contributed by atoms with van der Waals surface area (Å²) in [6, 6.07) is 27.4. The third-order valence-corrected chi connectivity index (χ3v) is 4.88. The third kappa shape index (κ3) is 5.17. The Morgan fingerprint density at radius 2 is 1.53 bits per heavy atom. The summed E-state index contributed by atoms with van der Waals surface area (Å²) in [7, 11) is 0. The highest BCUT2D eigenvalue weighted by Crippen LogP contribution is 2.21. The highest BCUT2D eigenvalue weighted by atomic mass is 16.5. The van der Waals surface area contributed by atoms with E-state index in [-0.39, 0.29) is 11.5 Å². The zero-order chi connectivity index (χ0) is 22.3. The monoisotopic (exact) mass is 424 g/mol. The van der Waals surface area contributed by atoms with E-state index in [4.69, 9.17) is 9.84 Å². The number of hydrazone groups is 1. The first kappa shape index (κ1) is 20.8. The van der Waals surface area contributed by atoms with Crippen LogP contribution in [0.2, 0.25) is 0 Å². The molecule has 0 radical (unpaired) electrons. The van der Waals surface area contributed by atoms with Crippen LogP contribution in [0.3, 0.4) is 0 Å². The Balaban J connectivity index is 1.31. The Labute approximate surface area is 184 Å². The Morgan fingerprint density at radius 1 is 0.844 bits per heavy atom. The molecular weight excluding hydrogens is 404 g/mol. The molecule has 158 valence electrons. The van der Waals surface area contributed by atoms with Crippen molar-refractivity contribution in [1.82, 2.24) is 5.43 Å². The van der Waals surface area contributed by atoms with E-state index in [9.17, 15) is 9.59 Å². The molecule has 0 spiro atoms. The second kappa shape index (κ2) is 9.57. The van der Waals surface area contributed by atoms with Crippen molar-refractivity contribution in [3.63, 3.8) is 0 Å². The first-order chi connectivity index (χ1) is 15.6. The van der Waals surface area contributed by atoms with E-state index in [1.807, 2.05) is 48.5 Å². The lowest BCUT2D eigenvalue weighted by molar-refractivity contribution is 0.0696. The van der Waals surface area contributed by atoms with Crippen molar-refractivity contribution in [2.24, 2.45) is 5.10 Å². The number of nitrogens with one attached hydrogen (secondary N) is 1. The predicted octanol–water partition coefficient (Wildman–Crippen LogP) is 4.88. The van der Waals surface area contributed by atoms with Gasteiger partial charge in [-0.2, -0.15) is 5.10 Å². The van der Waals surface area contributed by atoms with E-state index >= 15 is 0 Å². The first-order valence-electron chi connectivity index (χ1n) is 9.96. The summed E-state index contributed by atoms with van der Waals surface area (Å²) in [5.74, 6) is -0.547. The van der Waals surface area contributed by atoms with Crippen molar-refractivity contribution in [2.75, 3.05) is 0 Å². The molecule has 0 fully saturated rings. The van der Waals surface area contributed by atoms with Crippen LogP contribution in [-0.4, -0.2) is 23.2 Å². The number of hydrogen-bond acceptors (Lipinski definition) is 4. The molecule has 0 heterocycles. The van der Waals surface area contributed by atoms with Gasteiger partial charge in [-0.05, 0) is 58.3 Å². The van der Waals surface area contributed by atoms with Crippen LogP contribution >= 0.6 is 0 Å². The fourth-order valence-corrected chi connectivity index (χ4v) is 3.12. The number of carboxylic acids is 1. The summed E-state index contributed by atoms with van der Waals surface area (Å²) >= 11 is 0. The summed E-state index contributed by atoms with van der Waals surface area (Å²) in [6.45, 7) is 0.394. The highest BCUT2D eigenvalue weighted by molar-refractivity contribution is 5.95. The van der Waals surface area contributed by atoms with Crippen molar-refractivity contribution in [3.8, 4) is 5.75 Å². The van der Waals surface area contributed by atoms with E-state index in [0.717, 1.165) is 22.1 Å². The van der Waals surface area contributed by atoms with Gasteiger partial charge in [0.1, 0.15) is 12.4 Å². The fourth-order valence-electron chi connectivity index (χ4n) is 3.12. The van der Waals surface area contributed by atoms with Gasteiger partial charge in [0.25, 0.3) is 5.91 Å². The number of fused-ring (bicyclic) bond motifs is 1. The Morgan fingerprint density at radius 3 is 2.25 bits per heavy atom. The molecule has 0 saturated heterocycles. The summed E-state index contributed by atoms with van der Waals surface area (Å²) in [6.07, 6.45) is 1.45. The number of nitrogens with zero attached hydrogens (tertiary/aromatic N) is 1. The molecule has 6 nitrogen and oxygen atoms in total. The zero-order valence-corrected chi connectivity index (χ0v) is 17.1. The lowest BCUT2D eigenvalue weighted by Crippen LogP contribution is -2.17. The SMILES string of the molecule is O=C(O)c1ccc(/C=N/NC(=O)c2ccc(COc3ccc4ccccc4c3)cc2)cc1. The van der Waals surface area contributed by atoms with Crippen LogP contribution in [0, 0.1) is 0 Å². The quantitative estimate of drug-likeness (QED) is 0.327. The van der Waals surface area contributed by atoms with Crippen LogP contribution < -0.4 is 10.2 Å². The van der Waals surface area contributed by atoms with Crippen LogP contribution in [0.5, 0.6) is 5.75 Å². The van der Waals surface area contributed by atoms with E-state index in [0.29, 0.717) is 17.7 Å². The molecule has 32 heavy (non-hydrogen) atoms. The Hall–Kier alpha value is -4.45. The maximum absolute atomic E-state index is 12.3. The van der Waals surface area contributed by atoms with E-state index in [2.05, 4.69) is 16.6 Å². The number of carboxylic acid groups (broad SMARTS) is 1. The normalized spacial score (nSPS) is 10.9. The Bertz CT molecular complexity index is 1280. The van der Waals surface area contributed by atoms with Gasteiger partial charge < -0.3 is 9.84 Å². The number of aromatic carboxylic acids is 1. The number of rotatable bonds is 7. The molecule has 4 aromatic rings. The number of benzene rings is 4. The minimum Gasteiger partial charge on any atom is -0.489 e. The molecule has 1 amide bonds. The molecule has 6 heteroatoms. The third-order valence-electron chi connectivity index (χ3n) is 4.88. The summed E-state index contributed by atoms with van der Waals surface area (Å²) < 4.78 is 5.88. The largest absolute Gasteiger partial charge is 0.489 e. The smallest absolute Gasteiger partial charge is 0.335 e. The van der Waals surface area contributed by atoms with Gasteiger partial charge in [-0.3, -0.25) is 4.79 Å². The minimum atomic E-state index is -0.993. The molecule has 0 aliphatic carbocycles. The molecule has 0 aliphatic rings. The number of amides is 1. The molecule has 0 aromatic heterocycles. The van der Waals surface area contributed by atoms with Crippen LogP contribution in [0.25, 0.3) is 10.8 Å². The molecule has 0 saturated carbocycles. The minimum absolute atomic E-state index is 0.191. The molecule has 0 bridgehead atoms. The van der Waals surface area contributed by atoms with E-state index in [1.54, 1.807) is 24.3 Å². The lowest BCUT2D eigenvalue weighted by Gasteiger charge is -2.08. The average molecular weight is 424 g/mol. The summed E-state index contributed by atoms with van der Waals surface area (Å²) in [5.41, 5.74) is 4.74. The van der Waals surface area contributed by atoms with Crippen LogP contribution in [0.15, 0.2) is 96.1 Å². The second-order valence-electron chi connectivity index (χ2n) is 7.12. The number of hydrogen-bond donors (Lipinski definition) is 2. The van der Waals surface area contributed by atoms with E-state index in [1.165, 1.54) is 18.3 Å². The molecule has 2 N–H and O–H groups in total. The Kier molecular flexibility index (Phi) is 6.22. The molecule has 0 unspecified atom stereocenters. The molecular formula is C26H20N2O4. The van der Waals surface area contributed by atoms with E-state index < -0.39 is 5.97 Å². The van der Waals surface area contributed by atoms with Crippen LogP contribution in [-0.2, 0) is 6.61 Å². The van der Waals surface area contributed by atoms with Crippen molar-refractivity contribution in [2.45, 2.75) is 6.61 Å². The van der Waals surface area contributed by atoms with Crippen molar-refractivity contribution < 1.29 is 19.4 Å². The average Bonchev–Trinajstić information content (AvgIpc) is 2.83. The summed E-state index contributed by atoms with van der Waals surface area (Å²) in [4.78, 5) is 23.1. The molecule has 4 aromatic carbocycles. The van der Waals surface area contributed by atoms with Gasteiger partial charge in [-0.15, -0.1) is 0 Å². The number of carbonyl (C=O) groups excluding carboxylic acids is 1. The topological polar surface area (TPSA) is 88.0 Å². The first-order valence-corrected chi connectivity index (χ1v) is 9.96. The van der Waals surface area contributed by atoms with Gasteiger partial charge in [-0.1, -0.05) is 54.6 Å². The van der Waals surface area contributed by atoms with Gasteiger partial charge >= 0.3 is 5.97 Å². The van der Waals surface area contributed by atoms with Gasteiger partial charge in [0, 0.05) is 5.56 Å². The molecule has 0 aliphatic heterocycles. The predicted molar refractivity (Wildman–Crippen MR) is 123 cm³/mol.